The van der Waals surface area contributed by atoms with Crippen molar-refractivity contribution >= 4 is 39.2 Å². The molecule has 0 radical (unpaired) electrons. The minimum atomic E-state index is -0.158. The number of benzene rings is 3. The highest BCUT2D eigenvalue weighted by atomic mass is 79.9. The first-order valence-corrected chi connectivity index (χ1v) is 8.93. The van der Waals surface area contributed by atoms with Crippen molar-refractivity contribution < 1.29 is 9.53 Å². The molecule has 0 fully saturated rings. The van der Waals surface area contributed by atoms with Gasteiger partial charge < -0.3 is 10.1 Å². The van der Waals surface area contributed by atoms with Crippen LogP contribution in [0.1, 0.15) is 11.1 Å². The molecule has 0 unspecified atom stereocenters. The summed E-state index contributed by atoms with van der Waals surface area (Å²) in [6.07, 6.45) is 1.88. The van der Waals surface area contributed by atoms with Crippen LogP contribution in [0.4, 0.5) is 5.69 Å². The lowest BCUT2D eigenvalue weighted by atomic mass is 10.0. The van der Waals surface area contributed by atoms with Crippen LogP contribution in [0.3, 0.4) is 0 Å². The van der Waals surface area contributed by atoms with E-state index < -0.39 is 0 Å². The number of rotatable bonds is 5. The second-order valence-corrected chi connectivity index (χ2v) is 6.57. The van der Waals surface area contributed by atoms with E-state index in [-0.39, 0.29) is 5.91 Å². The van der Waals surface area contributed by atoms with Crippen LogP contribution < -0.4 is 10.1 Å². The van der Waals surface area contributed by atoms with Crippen molar-refractivity contribution in [3.63, 3.8) is 0 Å². The molecular weight excluding hydrogens is 390 g/mol. The van der Waals surface area contributed by atoms with Crippen LogP contribution in [0.2, 0.25) is 0 Å². The number of anilines is 1. The lowest BCUT2D eigenvalue weighted by Crippen LogP contribution is -2.13. The molecule has 0 heterocycles. The summed E-state index contributed by atoms with van der Waals surface area (Å²) in [5.41, 5.74) is 3.13. The molecule has 3 nitrogen and oxygen atoms in total. The number of hydrogen-bond donors (Lipinski definition) is 1. The van der Waals surface area contributed by atoms with Gasteiger partial charge in [-0.05, 0) is 53.6 Å². The molecule has 0 bridgehead atoms. The highest BCUT2D eigenvalue weighted by Gasteiger charge is 2.12. The molecule has 1 N–H and O–H groups in total. The second kappa shape index (κ2) is 8.50. The maximum atomic E-state index is 12.9. The molecule has 3 rings (SSSR count). The third-order valence-corrected chi connectivity index (χ3v) is 4.39. The predicted molar refractivity (Wildman–Crippen MR) is 110 cm³/mol. The summed E-state index contributed by atoms with van der Waals surface area (Å²) < 4.78 is 6.16. The van der Waals surface area contributed by atoms with Crippen LogP contribution in [0.15, 0.2) is 83.3 Å². The van der Waals surface area contributed by atoms with Crippen molar-refractivity contribution in [3.05, 3.63) is 94.5 Å². The number of amides is 1. The van der Waals surface area contributed by atoms with E-state index in [0.717, 1.165) is 27.0 Å². The number of carbonyl (C=O) groups excluding carboxylic acids is 1. The van der Waals surface area contributed by atoms with E-state index in [1.807, 2.05) is 84.9 Å². The quantitative estimate of drug-likeness (QED) is 0.439. The van der Waals surface area contributed by atoms with Crippen LogP contribution in [-0.4, -0.2) is 13.0 Å². The third kappa shape index (κ3) is 4.61. The third-order valence-electron chi connectivity index (χ3n) is 3.86. The van der Waals surface area contributed by atoms with Gasteiger partial charge in [0, 0.05) is 15.7 Å². The van der Waals surface area contributed by atoms with E-state index in [0.29, 0.717) is 5.57 Å². The smallest absolute Gasteiger partial charge is 0.256 e. The van der Waals surface area contributed by atoms with Gasteiger partial charge in [0.15, 0.2) is 0 Å². The molecular formula is C22H18BrNO2. The molecule has 3 aromatic rings. The Balaban J connectivity index is 1.93. The Hall–Kier alpha value is -2.85. The first kappa shape index (κ1) is 18.0. The van der Waals surface area contributed by atoms with Gasteiger partial charge in [0.1, 0.15) is 5.75 Å². The molecule has 0 aromatic heterocycles. The fourth-order valence-electron chi connectivity index (χ4n) is 2.50. The van der Waals surface area contributed by atoms with E-state index in [1.165, 1.54) is 0 Å². The van der Waals surface area contributed by atoms with Crippen LogP contribution in [-0.2, 0) is 4.79 Å². The fourth-order valence-corrected chi connectivity index (χ4v) is 2.76. The Bertz CT molecular complexity index is 901. The van der Waals surface area contributed by atoms with Crippen molar-refractivity contribution in [1.82, 2.24) is 0 Å². The van der Waals surface area contributed by atoms with Gasteiger partial charge in [-0.15, -0.1) is 0 Å². The molecule has 0 aliphatic rings. The zero-order valence-corrected chi connectivity index (χ0v) is 15.9. The van der Waals surface area contributed by atoms with Crippen molar-refractivity contribution in [3.8, 4) is 5.75 Å². The van der Waals surface area contributed by atoms with Gasteiger partial charge >= 0.3 is 0 Å². The number of nitrogens with one attached hydrogen (secondary N) is 1. The Morgan fingerprint density at radius 2 is 1.58 bits per heavy atom. The summed E-state index contributed by atoms with van der Waals surface area (Å²) in [7, 11) is 1.63. The van der Waals surface area contributed by atoms with E-state index in [4.69, 9.17) is 4.74 Å². The summed E-state index contributed by atoms with van der Waals surface area (Å²) >= 11 is 3.40. The van der Waals surface area contributed by atoms with E-state index in [1.54, 1.807) is 7.11 Å². The lowest BCUT2D eigenvalue weighted by Gasteiger charge is -2.10. The molecule has 0 aliphatic carbocycles. The number of ether oxygens (including phenoxy) is 1. The van der Waals surface area contributed by atoms with Gasteiger partial charge in [0.05, 0.1) is 7.11 Å². The maximum Gasteiger partial charge on any atom is 0.256 e. The molecule has 3 aromatic carbocycles. The molecule has 0 saturated carbocycles. The maximum absolute atomic E-state index is 12.9. The normalized spacial score (nSPS) is 11.1. The first-order chi connectivity index (χ1) is 12.7. The van der Waals surface area contributed by atoms with Gasteiger partial charge in [-0.25, -0.2) is 0 Å². The minimum absolute atomic E-state index is 0.158. The van der Waals surface area contributed by atoms with Crippen molar-refractivity contribution in [2.24, 2.45) is 0 Å². The summed E-state index contributed by atoms with van der Waals surface area (Å²) in [5.74, 6) is 0.622. The van der Waals surface area contributed by atoms with Gasteiger partial charge in [0.2, 0.25) is 0 Å². The van der Waals surface area contributed by atoms with E-state index >= 15 is 0 Å². The van der Waals surface area contributed by atoms with Gasteiger partial charge in [-0.1, -0.05) is 58.4 Å². The van der Waals surface area contributed by atoms with Crippen LogP contribution in [0.25, 0.3) is 11.6 Å². The van der Waals surface area contributed by atoms with Crippen LogP contribution in [0.5, 0.6) is 5.75 Å². The largest absolute Gasteiger partial charge is 0.497 e. The molecule has 0 aliphatic heterocycles. The van der Waals surface area contributed by atoms with Crippen LogP contribution >= 0.6 is 15.9 Å². The molecule has 0 spiro atoms. The van der Waals surface area contributed by atoms with Crippen molar-refractivity contribution in [2.75, 3.05) is 12.4 Å². The highest BCUT2D eigenvalue weighted by Crippen LogP contribution is 2.22. The Labute approximate surface area is 161 Å². The zero-order chi connectivity index (χ0) is 18.4. The Morgan fingerprint density at radius 1 is 0.923 bits per heavy atom. The fraction of sp³-hybridized carbons (Fsp3) is 0.0455. The second-order valence-electron chi connectivity index (χ2n) is 5.66. The monoisotopic (exact) mass is 407 g/mol. The first-order valence-electron chi connectivity index (χ1n) is 8.14. The Morgan fingerprint density at radius 3 is 2.19 bits per heavy atom. The molecule has 0 atom stereocenters. The Kier molecular flexibility index (Phi) is 5.87. The highest BCUT2D eigenvalue weighted by molar-refractivity contribution is 9.10. The summed E-state index contributed by atoms with van der Waals surface area (Å²) in [6, 6.07) is 24.7. The van der Waals surface area contributed by atoms with E-state index in [9.17, 15) is 4.79 Å². The lowest BCUT2D eigenvalue weighted by molar-refractivity contribution is -0.111. The van der Waals surface area contributed by atoms with E-state index in [2.05, 4.69) is 21.2 Å². The summed E-state index contributed by atoms with van der Waals surface area (Å²) in [6.45, 7) is 0. The number of methoxy groups -OCH3 is 1. The average molecular weight is 408 g/mol. The standard InChI is InChI=1S/C22H18BrNO2/c1-26-20-13-7-16(8-14-20)15-21(17-5-3-2-4-6-17)22(25)24-19-11-9-18(23)10-12-19/h2-15H,1H3,(H,24,25). The number of carbonyl (C=O) groups is 1. The predicted octanol–water partition coefficient (Wildman–Crippen LogP) is 5.64. The van der Waals surface area contributed by atoms with Gasteiger partial charge in [-0.3, -0.25) is 4.79 Å². The molecule has 1 amide bonds. The average Bonchev–Trinajstić information content (AvgIpc) is 2.69. The molecule has 0 saturated heterocycles. The van der Waals surface area contributed by atoms with Crippen molar-refractivity contribution in [1.29, 1.82) is 0 Å². The molecule has 26 heavy (non-hydrogen) atoms. The van der Waals surface area contributed by atoms with Gasteiger partial charge in [-0.2, -0.15) is 0 Å². The zero-order valence-electron chi connectivity index (χ0n) is 14.3. The number of halogens is 1. The molecule has 4 heteroatoms. The SMILES string of the molecule is COc1ccc(C=C(C(=O)Nc2ccc(Br)cc2)c2ccccc2)cc1. The van der Waals surface area contributed by atoms with Crippen molar-refractivity contribution in [2.45, 2.75) is 0 Å². The summed E-state index contributed by atoms with van der Waals surface area (Å²) in [4.78, 5) is 12.9. The minimum Gasteiger partial charge on any atom is -0.497 e. The topological polar surface area (TPSA) is 38.3 Å². The van der Waals surface area contributed by atoms with Crippen LogP contribution in [0, 0.1) is 0 Å². The summed E-state index contributed by atoms with van der Waals surface area (Å²) in [5, 5.41) is 2.96. The van der Waals surface area contributed by atoms with Gasteiger partial charge in [0.25, 0.3) is 5.91 Å². The molecule has 130 valence electrons. The number of hydrogen-bond acceptors (Lipinski definition) is 2.